The number of nitrogens with zero attached hydrogens (tertiary/aromatic N) is 4. The van der Waals surface area contributed by atoms with Gasteiger partial charge in [0.25, 0.3) is 18.2 Å². The van der Waals surface area contributed by atoms with Crippen LogP contribution in [-0.2, 0) is 54.1 Å². The number of fused-ring (bicyclic) bond motifs is 2. The van der Waals surface area contributed by atoms with Crippen LogP contribution in [0.5, 0.6) is 17.2 Å². The molecule has 15 N–H and O–H groups in total. The molecule has 8 amide bonds. The average Bonchev–Trinajstić information content (AvgIpc) is 1.92. The summed E-state index contributed by atoms with van der Waals surface area (Å²) in [5, 5.41) is 112. The zero-order chi connectivity index (χ0) is 64.6. The van der Waals surface area contributed by atoms with Gasteiger partial charge in [-0.1, -0.05) is 45.8 Å². The van der Waals surface area contributed by atoms with Crippen LogP contribution in [0.4, 0.5) is 0 Å². The molecular formula is C56H72N10O21S2. The van der Waals surface area contributed by atoms with Gasteiger partial charge in [-0.3, -0.25) is 38.4 Å². The van der Waals surface area contributed by atoms with Crippen LogP contribution in [-0.4, -0.2) is 221 Å². The molecule has 4 heterocycles. The molecule has 3 aliphatic heterocycles. The maximum Gasteiger partial charge on any atom is 0.261 e. The Morgan fingerprint density at radius 2 is 1.42 bits per heavy atom. The summed E-state index contributed by atoms with van der Waals surface area (Å²) in [6.07, 6.45) is -10.8. The van der Waals surface area contributed by atoms with E-state index in [0.717, 1.165) is 53.7 Å². The lowest BCUT2D eigenvalue weighted by atomic mass is 9.98. The molecule has 12 unspecified atom stereocenters. The first kappa shape index (κ1) is 68.8. The second kappa shape index (κ2) is 32.2. The number of aliphatic hydroxyl groups is 6. The van der Waals surface area contributed by atoms with Crippen LogP contribution in [0.2, 0.25) is 0 Å². The Morgan fingerprint density at radius 1 is 0.775 bits per heavy atom. The van der Waals surface area contributed by atoms with E-state index in [4.69, 9.17) is 24.6 Å². The fourth-order valence-electron chi connectivity index (χ4n) is 10.3. The summed E-state index contributed by atoms with van der Waals surface area (Å²) in [7, 11) is 1.66. The third-order valence-corrected chi connectivity index (χ3v) is 16.4. The van der Waals surface area contributed by atoms with E-state index >= 15 is 0 Å². The van der Waals surface area contributed by atoms with Gasteiger partial charge in [-0.25, -0.2) is 5.26 Å². The minimum absolute atomic E-state index is 0.000606. The van der Waals surface area contributed by atoms with E-state index in [1.807, 2.05) is 24.3 Å². The number of methoxy groups -OCH3 is 1. The van der Waals surface area contributed by atoms with Crippen LogP contribution in [0, 0.1) is 5.92 Å². The van der Waals surface area contributed by atoms with E-state index in [-0.39, 0.29) is 29.2 Å². The quantitative estimate of drug-likeness (QED) is 0.0174. The van der Waals surface area contributed by atoms with Crippen LogP contribution in [0.1, 0.15) is 68.3 Å². The number of β-amino-alcohol motifs (C(OH)–C–C–N with tert-alkyl or cyclic N) is 1. The normalized spacial score (nSPS) is 25.1. The maximum atomic E-state index is 14.7. The van der Waals surface area contributed by atoms with Gasteiger partial charge in [0.1, 0.15) is 52.0 Å². The number of aromatic hydroxyl groups is 1. The number of hydrogen-bond acceptors (Lipinski definition) is 25. The van der Waals surface area contributed by atoms with Crippen molar-refractivity contribution in [3.8, 4) is 38.4 Å². The molecule has 3 aliphatic rings. The summed E-state index contributed by atoms with van der Waals surface area (Å²) in [6, 6.07) is 5.21. The molecule has 1 aromatic heterocycles. The fraction of sp³-hybridized carbons (Fsp3) is 0.500. The number of rotatable bonds is 22. The number of carbonyl (C=O) groups is 8. The van der Waals surface area contributed by atoms with Crippen LogP contribution in [0.25, 0.3) is 21.1 Å². The molecule has 0 saturated carbocycles. The molecule has 3 fully saturated rings. The zero-order valence-electron chi connectivity index (χ0n) is 48.4. The van der Waals surface area contributed by atoms with Crippen molar-refractivity contribution in [1.82, 2.24) is 46.6 Å². The number of carbonyl (C=O) groups excluding carboxylic acids is 8. The molecule has 4 aromatic rings. The highest BCUT2D eigenvalue weighted by atomic mass is 32.2. The number of benzene rings is 3. The predicted molar refractivity (Wildman–Crippen MR) is 312 cm³/mol. The first-order valence-electron chi connectivity index (χ1n) is 28.2. The van der Waals surface area contributed by atoms with E-state index in [1.54, 1.807) is 19.2 Å². The highest BCUT2D eigenvalue weighted by Gasteiger charge is 2.50. The number of aliphatic hydroxyl groups excluding tert-OH is 6. The summed E-state index contributed by atoms with van der Waals surface area (Å²) < 4.78 is 20.2. The van der Waals surface area contributed by atoms with Crippen LogP contribution in [0.15, 0.2) is 66.7 Å². The summed E-state index contributed by atoms with van der Waals surface area (Å²) in [5.41, 5.74) is 6.85. The first-order chi connectivity index (χ1) is 42.5. The number of hydrogen-bond donors (Lipinski definition) is 14. The highest BCUT2D eigenvalue weighted by molar-refractivity contribution is 7.90. The summed E-state index contributed by atoms with van der Waals surface area (Å²) in [4.78, 5) is 115. The van der Waals surface area contributed by atoms with Crippen molar-refractivity contribution in [2.24, 2.45) is 11.7 Å². The first-order valence-corrected chi connectivity index (χ1v) is 29.7. The van der Waals surface area contributed by atoms with E-state index < -0.39 is 177 Å². The van der Waals surface area contributed by atoms with Gasteiger partial charge in [0.2, 0.25) is 41.4 Å². The number of ether oxygens (including phenoxy) is 2. The monoisotopic (exact) mass is 1280 g/mol. The van der Waals surface area contributed by atoms with Crippen LogP contribution >= 0.6 is 23.7 Å². The molecule has 31 nitrogen and oxygen atoms in total. The molecule has 3 aromatic carbocycles. The Hall–Kier alpha value is -7.67. The molecule has 89 heavy (non-hydrogen) atoms. The van der Waals surface area contributed by atoms with Crippen molar-refractivity contribution >= 4 is 70.9 Å². The van der Waals surface area contributed by atoms with Crippen molar-refractivity contribution < 1.29 is 102 Å². The van der Waals surface area contributed by atoms with Crippen molar-refractivity contribution in [3.05, 3.63) is 77.9 Å². The molecule has 484 valence electrons. The predicted octanol–water partition coefficient (Wildman–Crippen LogP) is -2.04. The van der Waals surface area contributed by atoms with Crippen LogP contribution < -0.4 is 41.2 Å². The number of unbranched alkanes of at least 4 members (excludes halogenated alkanes) is 2. The summed E-state index contributed by atoms with van der Waals surface area (Å²) >= 11 is 1.34. The fourth-order valence-corrected chi connectivity index (χ4v) is 11.4. The Labute approximate surface area is 517 Å². The molecule has 0 aliphatic carbocycles. The average molecular weight is 1290 g/mol. The van der Waals surface area contributed by atoms with Gasteiger partial charge in [0.05, 0.1) is 49.7 Å². The number of nitrogens with two attached hydrogens (primary N) is 1. The lowest BCUT2D eigenvalue weighted by molar-refractivity contribution is -0.433. The number of phenols is 1. The molecule has 7 rings (SSSR count). The molecule has 3 saturated heterocycles. The molecule has 33 heteroatoms. The summed E-state index contributed by atoms with van der Waals surface area (Å²) in [6.45, 7) is 2.10. The van der Waals surface area contributed by atoms with Gasteiger partial charge < -0.3 is 91.5 Å². The number of nitrogens with one attached hydrogen (secondary N) is 5. The Morgan fingerprint density at radius 3 is 2.07 bits per heavy atom. The van der Waals surface area contributed by atoms with Gasteiger partial charge in [-0.2, -0.15) is 0 Å². The third-order valence-electron chi connectivity index (χ3n) is 15.0. The van der Waals surface area contributed by atoms with Crippen molar-refractivity contribution in [2.45, 2.75) is 132 Å². The van der Waals surface area contributed by atoms with Crippen molar-refractivity contribution in [2.75, 3.05) is 40.0 Å². The highest BCUT2D eigenvalue weighted by Crippen LogP contribution is 2.33. The zero-order valence-corrected chi connectivity index (χ0v) is 50.0. The standard InChI is InChI=1S/C56H72N10O21S2/c1-27-25-66-46(47(27)74)52(79)58-24-33(68)21-36(59-48(75)30-8-10-31(11-9-30)53-63-64-54(88-53)32-12-14-35(15-13-32)84-18-6-4-5-17-83-3)49(76)60-43(28(2)67)55(80)65-26-34(69)22-37(65)50(77)61-44(51(78)62-45(56(66)81)40(72)23-42(57)73)39(71)19-29-7-16-38(70)41(20-29)85-89-87-86-82/h7-16,20,27-28,33-34,36-37,39-40,43-47,67-72,74,82H,4-6,17-19,21-26H2,1-3H3,(H2,57,73)(H,58,79)(H,59,75)(H,60,76)(H,61,77)(H,62,78)/t27?,28?,33?,34?,36-,37?,39?,40?,43?,44?,45?,46?,47?/m0/s1. The van der Waals surface area contributed by atoms with E-state index in [2.05, 4.69) is 46.2 Å². The second-order valence-corrected chi connectivity index (χ2v) is 23.1. The third kappa shape index (κ3) is 18.3. The van der Waals surface area contributed by atoms with Gasteiger partial charge >= 0.3 is 0 Å². The molecular weight excluding hydrogens is 1210 g/mol. The van der Waals surface area contributed by atoms with Gasteiger partial charge in [-0.15, -0.1) is 10.2 Å². The second-order valence-electron chi connectivity index (χ2n) is 21.7. The minimum Gasteiger partial charge on any atom is -0.504 e. The van der Waals surface area contributed by atoms with Gasteiger partial charge in [-0.05, 0) is 80.3 Å². The van der Waals surface area contributed by atoms with E-state index in [1.165, 1.54) is 36.5 Å². The largest absolute Gasteiger partial charge is 0.504 e. The topological polar surface area (TPSA) is 463 Å². The SMILES string of the molecule is COCCCCCOc1ccc(-c2nnc(-c3ccc(C(=O)N[C@H]4CC(O)CNC(=O)C5C(O)C(C)CN5C(=O)C(C(O)CC(N)=O)NC(=O)C(C(O)Cc5ccc(O)c(OSOOO)c5)NC(=O)C5CC(O)CN5C(=O)C(C(C)O)NC4=O)cc3)s2)cc1. The molecule has 0 spiro atoms. The Balaban J connectivity index is 1.17. The van der Waals surface area contributed by atoms with Crippen molar-refractivity contribution in [3.63, 3.8) is 0 Å². The van der Waals surface area contributed by atoms with Gasteiger partial charge in [0, 0.05) is 75.2 Å². The maximum absolute atomic E-state index is 14.7. The molecule has 0 radical (unpaired) electrons. The Kier molecular flexibility index (Phi) is 24.9. The number of aromatic nitrogens is 2. The van der Waals surface area contributed by atoms with Crippen molar-refractivity contribution in [1.29, 1.82) is 0 Å². The van der Waals surface area contributed by atoms with Gasteiger partial charge in [0.15, 0.2) is 11.5 Å². The van der Waals surface area contributed by atoms with Crippen LogP contribution in [0.3, 0.4) is 0 Å². The number of amides is 8. The minimum atomic E-state index is -2.22. The molecule has 13 atom stereocenters. The smallest absolute Gasteiger partial charge is 0.261 e. The lowest BCUT2D eigenvalue weighted by Crippen LogP contribution is -2.64. The lowest BCUT2D eigenvalue weighted by Gasteiger charge is -2.33. The van der Waals surface area contributed by atoms with E-state index in [9.17, 15) is 74.1 Å². The summed E-state index contributed by atoms with van der Waals surface area (Å²) in [5.74, 6) is -10.4. The molecule has 0 bridgehead atoms. The number of phenolic OH excluding ortho intramolecular Hbond substituents is 1. The Bertz CT molecular complexity index is 3110. The van der Waals surface area contributed by atoms with E-state index in [0.29, 0.717) is 34.5 Å². The number of primary amides is 1.